The standard InChI is InChI=1S/C15H21N3O/c1-10(16)11-4-6-12(7-5-11)18-8-2-3-13-14(18)9-17-15(13)19/h4-7,10,13-14H,2-3,8-9,16H2,1H3,(H,17,19)/t10-,13?,14?/m1/s1. The van der Waals surface area contributed by atoms with Gasteiger partial charge in [0.1, 0.15) is 0 Å². The lowest BCUT2D eigenvalue weighted by Gasteiger charge is -2.37. The fourth-order valence-corrected chi connectivity index (χ4v) is 3.24. The third kappa shape index (κ3) is 2.21. The first-order valence-electron chi connectivity index (χ1n) is 7.06. The number of carbonyl (C=O) groups excluding carboxylic acids is 1. The monoisotopic (exact) mass is 259 g/mol. The number of carbonyl (C=O) groups is 1. The fourth-order valence-electron chi connectivity index (χ4n) is 3.24. The quantitative estimate of drug-likeness (QED) is 0.844. The van der Waals surface area contributed by atoms with Crippen LogP contribution in [0.1, 0.15) is 31.4 Å². The molecule has 2 fully saturated rings. The van der Waals surface area contributed by atoms with E-state index < -0.39 is 0 Å². The molecule has 4 nitrogen and oxygen atoms in total. The number of amides is 1. The van der Waals surface area contributed by atoms with Gasteiger partial charge in [0.05, 0.1) is 12.0 Å². The van der Waals surface area contributed by atoms with Gasteiger partial charge in [-0.15, -0.1) is 0 Å². The Labute approximate surface area is 114 Å². The lowest BCUT2D eigenvalue weighted by atomic mass is 9.91. The van der Waals surface area contributed by atoms with Crippen LogP contribution < -0.4 is 16.0 Å². The van der Waals surface area contributed by atoms with Gasteiger partial charge in [-0.1, -0.05) is 12.1 Å². The summed E-state index contributed by atoms with van der Waals surface area (Å²) in [6.45, 7) is 3.80. The van der Waals surface area contributed by atoms with Crippen LogP contribution in [0.3, 0.4) is 0 Å². The number of piperidine rings is 1. The number of benzene rings is 1. The average molecular weight is 259 g/mol. The van der Waals surface area contributed by atoms with Crippen molar-refractivity contribution in [2.24, 2.45) is 11.7 Å². The van der Waals surface area contributed by atoms with Gasteiger partial charge < -0.3 is 16.0 Å². The first-order chi connectivity index (χ1) is 9.16. The van der Waals surface area contributed by atoms with Crippen LogP contribution in [0.4, 0.5) is 5.69 Å². The van der Waals surface area contributed by atoms with Crippen LogP contribution in [0.25, 0.3) is 0 Å². The molecule has 1 amide bonds. The number of hydrogen-bond donors (Lipinski definition) is 2. The van der Waals surface area contributed by atoms with E-state index in [2.05, 4.69) is 34.5 Å². The van der Waals surface area contributed by atoms with E-state index in [-0.39, 0.29) is 17.9 Å². The number of nitrogens with two attached hydrogens (primary N) is 1. The third-order valence-electron chi connectivity index (χ3n) is 4.35. The molecule has 0 aliphatic carbocycles. The van der Waals surface area contributed by atoms with Gasteiger partial charge in [-0.05, 0) is 37.5 Å². The van der Waals surface area contributed by atoms with E-state index in [0.29, 0.717) is 6.04 Å². The van der Waals surface area contributed by atoms with Crippen LogP contribution in [0, 0.1) is 5.92 Å². The minimum Gasteiger partial charge on any atom is -0.366 e. The maximum Gasteiger partial charge on any atom is 0.225 e. The van der Waals surface area contributed by atoms with Gasteiger partial charge in [0.15, 0.2) is 0 Å². The van der Waals surface area contributed by atoms with Crippen LogP contribution in [0.5, 0.6) is 0 Å². The second-order valence-corrected chi connectivity index (χ2v) is 5.63. The molecule has 0 radical (unpaired) electrons. The second-order valence-electron chi connectivity index (χ2n) is 5.63. The highest BCUT2D eigenvalue weighted by molar-refractivity contribution is 5.83. The summed E-state index contributed by atoms with van der Waals surface area (Å²) in [5.74, 6) is 0.392. The number of nitrogens with one attached hydrogen (secondary N) is 1. The minimum absolute atomic E-state index is 0.0675. The van der Waals surface area contributed by atoms with Crippen LogP contribution >= 0.6 is 0 Å². The molecule has 0 spiro atoms. The Kier molecular flexibility index (Phi) is 3.19. The van der Waals surface area contributed by atoms with Crippen molar-refractivity contribution in [1.29, 1.82) is 0 Å². The molecule has 2 heterocycles. The lowest BCUT2D eigenvalue weighted by molar-refractivity contribution is -0.122. The summed E-state index contributed by atoms with van der Waals surface area (Å²) in [6, 6.07) is 8.83. The molecule has 1 aromatic carbocycles. The van der Waals surface area contributed by atoms with E-state index in [4.69, 9.17) is 5.73 Å². The molecule has 3 N–H and O–H groups in total. The summed E-state index contributed by atoms with van der Waals surface area (Å²) in [6.07, 6.45) is 2.11. The van der Waals surface area contributed by atoms with E-state index in [0.717, 1.165) is 31.5 Å². The molecule has 2 aliphatic heterocycles. The Morgan fingerprint density at radius 2 is 2.11 bits per heavy atom. The highest BCUT2D eigenvalue weighted by atomic mass is 16.2. The predicted octanol–water partition coefficient (Wildman–Crippen LogP) is 1.42. The van der Waals surface area contributed by atoms with Crippen molar-refractivity contribution in [2.75, 3.05) is 18.0 Å². The van der Waals surface area contributed by atoms with Crippen molar-refractivity contribution in [3.05, 3.63) is 29.8 Å². The van der Waals surface area contributed by atoms with Crippen molar-refractivity contribution >= 4 is 11.6 Å². The molecule has 0 bridgehead atoms. The van der Waals surface area contributed by atoms with Crippen LogP contribution in [-0.4, -0.2) is 25.0 Å². The Balaban J connectivity index is 1.83. The summed E-state index contributed by atoms with van der Waals surface area (Å²) in [5.41, 5.74) is 8.23. The number of nitrogens with zero attached hydrogens (tertiary/aromatic N) is 1. The summed E-state index contributed by atoms with van der Waals surface area (Å²) >= 11 is 0. The molecule has 4 heteroatoms. The van der Waals surface area contributed by atoms with Gasteiger partial charge in [-0.3, -0.25) is 4.79 Å². The van der Waals surface area contributed by atoms with Crippen molar-refractivity contribution < 1.29 is 4.79 Å². The lowest BCUT2D eigenvalue weighted by Crippen LogP contribution is -2.45. The maximum absolute atomic E-state index is 11.8. The predicted molar refractivity (Wildman–Crippen MR) is 75.9 cm³/mol. The molecule has 0 saturated carbocycles. The maximum atomic E-state index is 11.8. The molecule has 0 aromatic heterocycles. The van der Waals surface area contributed by atoms with E-state index in [1.807, 2.05) is 6.92 Å². The fraction of sp³-hybridized carbons (Fsp3) is 0.533. The van der Waals surface area contributed by atoms with Gasteiger partial charge >= 0.3 is 0 Å². The summed E-state index contributed by atoms with van der Waals surface area (Å²) in [7, 11) is 0. The summed E-state index contributed by atoms with van der Waals surface area (Å²) < 4.78 is 0. The molecular formula is C15H21N3O. The zero-order chi connectivity index (χ0) is 13.4. The van der Waals surface area contributed by atoms with Crippen LogP contribution in [0.15, 0.2) is 24.3 Å². The van der Waals surface area contributed by atoms with E-state index >= 15 is 0 Å². The zero-order valence-electron chi connectivity index (χ0n) is 11.3. The Morgan fingerprint density at radius 3 is 2.79 bits per heavy atom. The van der Waals surface area contributed by atoms with Crippen LogP contribution in [0.2, 0.25) is 0 Å². The highest BCUT2D eigenvalue weighted by Gasteiger charge is 2.40. The smallest absolute Gasteiger partial charge is 0.225 e. The number of fused-ring (bicyclic) bond motifs is 1. The molecule has 2 saturated heterocycles. The van der Waals surface area contributed by atoms with Gasteiger partial charge in [-0.25, -0.2) is 0 Å². The summed E-state index contributed by atoms with van der Waals surface area (Å²) in [4.78, 5) is 14.1. The van der Waals surface area contributed by atoms with Gasteiger partial charge in [0.25, 0.3) is 0 Å². The van der Waals surface area contributed by atoms with Crippen molar-refractivity contribution in [3.8, 4) is 0 Å². The van der Waals surface area contributed by atoms with Crippen LogP contribution in [-0.2, 0) is 4.79 Å². The molecular weight excluding hydrogens is 238 g/mol. The normalized spacial score (nSPS) is 27.9. The zero-order valence-corrected chi connectivity index (χ0v) is 11.3. The van der Waals surface area contributed by atoms with Crippen molar-refractivity contribution in [1.82, 2.24) is 5.32 Å². The summed E-state index contributed by atoms with van der Waals surface area (Å²) in [5, 5.41) is 2.99. The first-order valence-corrected chi connectivity index (χ1v) is 7.06. The Bertz CT molecular complexity index is 469. The third-order valence-corrected chi connectivity index (χ3v) is 4.35. The Hall–Kier alpha value is -1.55. The molecule has 3 rings (SSSR count). The van der Waals surface area contributed by atoms with E-state index in [9.17, 15) is 4.79 Å². The van der Waals surface area contributed by atoms with Crippen molar-refractivity contribution in [3.63, 3.8) is 0 Å². The Morgan fingerprint density at radius 1 is 1.37 bits per heavy atom. The topological polar surface area (TPSA) is 58.4 Å². The highest BCUT2D eigenvalue weighted by Crippen LogP contribution is 2.31. The average Bonchev–Trinajstić information content (AvgIpc) is 2.81. The van der Waals surface area contributed by atoms with Gasteiger partial charge in [-0.2, -0.15) is 0 Å². The van der Waals surface area contributed by atoms with Gasteiger partial charge in [0.2, 0.25) is 5.91 Å². The molecule has 1 aromatic rings. The molecule has 19 heavy (non-hydrogen) atoms. The second kappa shape index (κ2) is 4.85. The van der Waals surface area contributed by atoms with Gasteiger partial charge in [0, 0.05) is 24.8 Å². The molecule has 102 valence electrons. The largest absolute Gasteiger partial charge is 0.366 e. The van der Waals surface area contributed by atoms with E-state index in [1.54, 1.807) is 0 Å². The molecule has 3 atom stereocenters. The van der Waals surface area contributed by atoms with E-state index in [1.165, 1.54) is 5.69 Å². The number of rotatable bonds is 2. The first kappa shape index (κ1) is 12.5. The van der Waals surface area contributed by atoms with Crippen molar-refractivity contribution in [2.45, 2.75) is 31.8 Å². The minimum atomic E-state index is 0.0675. The molecule has 2 unspecified atom stereocenters. The number of anilines is 1. The SMILES string of the molecule is C[C@@H](N)c1ccc(N2CCCC3C(=O)NCC32)cc1. The number of hydrogen-bond acceptors (Lipinski definition) is 3. The molecule has 2 aliphatic rings.